The molecule has 18 heavy (non-hydrogen) atoms. The molecular formula is C15H19N3. The van der Waals surface area contributed by atoms with E-state index in [9.17, 15) is 0 Å². The lowest BCUT2D eigenvalue weighted by Gasteiger charge is -2.36. The fourth-order valence-corrected chi connectivity index (χ4v) is 2.89. The molecule has 3 nitrogen and oxygen atoms in total. The number of nitrogens with zero attached hydrogens (tertiary/aromatic N) is 1. The number of aromatic amines is 1. The molecule has 0 amide bonds. The second-order valence-corrected chi connectivity index (χ2v) is 4.91. The van der Waals surface area contributed by atoms with Crippen LogP contribution in [0.3, 0.4) is 0 Å². The highest BCUT2D eigenvalue weighted by molar-refractivity contribution is 5.41. The Morgan fingerprint density at radius 3 is 3.06 bits per heavy atom. The molecule has 0 saturated heterocycles. The van der Waals surface area contributed by atoms with Gasteiger partial charge in [0.15, 0.2) is 0 Å². The van der Waals surface area contributed by atoms with Gasteiger partial charge in [-0.15, -0.1) is 0 Å². The Kier molecular flexibility index (Phi) is 3.15. The predicted octanol–water partition coefficient (Wildman–Crippen LogP) is 2.27. The molecule has 1 aliphatic carbocycles. The minimum atomic E-state index is 0.482. The molecule has 0 spiro atoms. The van der Waals surface area contributed by atoms with Gasteiger partial charge >= 0.3 is 0 Å². The second kappa shape index (κ2) is 4.94. The van der Waals surface area contributed by atoms with E-state index in [1.807, 2.05) is 12.4 Å². The van der Waals surface area contributed by atoms with Crippen molar-refractivity contribution in [2.24, 2.45) is 0 Å². The summed E-state index contributed by atoms with van der Waals surface area (Å²) in [5.41, 5.74) is 3.01. The summed E-state index contributed by atoms with van der Waals surface area (Å²) >= 11 is 0. The lowest BCUT2D eigenvalue weighted by Crippen LogP contribution is -2.41. The maximum Gasteiger partial charge on any atom is 0.107 e. The van der Waals surface area contributed by atoms with E-state index in [-0.39, 0.29) is 0 Å². The molecule has 0 radical (unpaired) electrons. The SMILES string of the molecule is CCNC(Cc1ncc[nH]1)C1Cc2ccccc21. The molecule has 0 aliphatic heterocycles. The van der Waals surface area contributed by atoms with Crippen LogP contribution in [0, 0.1) is 0 Å². The van der Waals surface area contributed by atoms with Gasteiger partial charge in [0.2, 0.25) is 0 Å². The van der Waals surface area contributed by atoms with E-state index in [1.54, 1.807) is 0 Å². The second-order valence-electron chi connectivity index (χ2n) is 4.91. The van der Waals surface area contributed by atoms with Crippen LogP contribution in [0.1, 0.15) is 29.8 Å². The molecule has 2 unspecified atom stereocenters. The average Bonchev–Trinajstić information content (AvgIpc) is 2.84. The van der Waals surface area contributed by atoms with E-state index in [0.717, 1.165) is 18.8 Å². The summed E-state index contributed by atoms with van der Waals surface area (Å²) < 4.78 is 0. The zero-order chi connectivity index (χ0) is 12.4. The van der Waals surface area contributed by atoms with E-state index < -0.39 is 0 Å². The number of H-pyrrole nitrogens is 1. The lowest BCUT2D eigenvalue weighted by atomic mass is 9.72. The summed E-state index contributed by atoms with van der Waals surface area (Å²) in [6.07, 6.45) is 5.88. The van der Waals surface area contributed by atoms with Gasteiger partial charge in [-0.3, -0.25) is 0 Å². The standard InChI is InChI=1S/C15H19N3/c1-2-16-14(10-15-17-7-8-18-15)13-9-11-5-3-4-6-12(11)13/h3-8,13-14,16H,2,9-10H2,1H3,(H,17,18). The number of likely N-dealkylation sites (N-methyl/N-ethyl adjacent to an activating group) is 1. The first-order valence-corrected chi connectivity index (χ1v) is 6.68. The Bertz CT molecular complexity index is 504. The fourth-order valence-electron chi connectivity index (χ4n) is 2.89. The smallest absolute Gasteiger partial charge is 0.107 e. The first kappa shape index (κ1) is 11.5. The molecule has 0 bridgehead atoms. The van der Waals surface area contributed by atoms with Gasteiger partial charge in [-0.1, -0.05) is 31.2 Å². The van der Waals surface area contributed by atoms with Crippen LogP contribution < -0.4 is 5.32 Å². The Hall–Kier alpha value is -1.61. The lowest BCUT2D eigenvalue weighted by molar-refractivity contribution is 0.400. The van der Waals surface area contributed by atoms with Crippen LogP contribution in [0.4, 0.5) is 0 Å². The fraction of sp³-hybridized carbons (Fsp3) is 0.400. The largest absolute Gasteiger partial charge is 0.349 e. The maximum absolute atomic E-state index is 4.34. The van der Waals surface area contributed by atoms with Crippen molar-refractivity contribution in [2.45, 2.75) is 31.7 Å². The van der Waals surface area contributed by atoms with Gasteiger partial charge in [0.05, 0.1) is 0 Å². The minimum Gasteiger partial charge on any atom is -0.349 e. The summed E-state index contributed by atoms with van der Waals surface area (Å²) in [6.45, 7) is 3.17. The highest BCUT2D eigenvalue weighted by Gasteiger charge is 2.32. The van der Waals surface area contributed by atoms with Crippen molar-refractivity contribution in [1.29, 1.82) is 0 Å². The Balaban J connectivity index is 1.76. The molecule has 1 aromatic carbocycles. The highest BCUT2D eigenvalue weighted by atomic mass is 14.9. The molecule has 2 N–H and O–H groups in total. The van der Waals surface area contributed by atoms with E-state index in [2.05, 4.69) is 46.5 Å². The van der Waals surface area contributed by atoms with Crippen LogP contribution in [0.25, 0.3) is 0 Å². The number of nitrogens with one attached hydrogen (secondary N) is 2. The zero-order valence-electron chi connectivity index (χ0n) is 10.7. The Labute approximate surface area is 108 Å². The molecule has 1 aliphatic rings. The number of imidazole rings is 1. The summed E-state index contributed by atoms with van der Waals surface area (Å²) in [5, 5.41) is 3.60. The van der Waals surface area contributed by atoms with Crippen molar-refractivity contribution >= 4 is 0 Å². The molecule has 2 aromatic rings. The number of hydrogen-bond acceptors (Lipinski definition) is 2. The van der Waals surface area contributed by atoms with Gasteiger partial charge in [0.25, 0.3) is 0 Å². The molecule has 1 heterocycles. The minimum absolute atomic E-state index is 0.482. The predicted molar refractivity (Wildman–Crippen MR) is 72.6 cm³/mol. The van der Waals surface area contributed by atoms with Crippen LogP contribution in [0.5, 0.6) is 0 Å². The third-order valence-electron chi connectivity index (χ3n) is 3.81. The monoisotopic (exact) mass is 241 g/mol. The number of benzene rings is 1. The van der Waals surface area contributed by atoms with Gasteiger partial charge in [0, 0.05) is 30.8 Å². The summed E-state index contributed by atoms with van der Waals surface area (Å²) in [7, 11) is 0. The first-order chi connectivity index (χ1) is 8.88. The van der Waals surface area contributed by atoms with E-state index in [0.29, 0.717) is 12.0 Å². The Morgan fingerprint density at radius 2 is 2.33 bits per heavy atom. The molecule has 3 heteroatoms. The molecular weight excluding hydrogens is 222 g/mol. The molecule has 94 valence electrons. The number of hydrogen-bond donors (Lipinski definition) is 2. The molecule has 3 rings (SSSR count). The third-order valence-corrected chi connectivity index (χ3v) is 3.81. The molecule has 0 fully saturated rings. The van der Waals surface area contributed by atoms with Crippen molar-refractivity contribution in [3.05, 3.63) is 53.6 Å². The van der Waals surface area contributed by atoms with E-state index in [4.69, 9.17) is 0 Å². The summed E-state index contributed by atoms with van der Waals surface area (Å²) in [4.78, 5) is 7.54. The van der Waals surface area contributed by atoms with Crippen LogP contribution >= 0.6 is 0 Å². The van der Waals surface area contributed by atoms with Crippen molar-refractivity contribution in [3.63, 3.8) is 0 Å². The van der Waals surface area contributed by atoms with E-state index >= 15 is 0 Å². The molecule has 1 aromatic heterocycles. The van der Waals surface area contributed by atoms with Crippen molar-refractivity contribution in [2.75, 3.05) is 6.54 Å². The van der Waals surface area contributed by atoms with Crippen LogP contribution in [-0.2, 0) is 12.8 Å². The third kappa shape index (κ3) is 2.06. The summed E-state index contributed by atoms with van der Waals surface area (Å²) in [6, 6.07) is 9.25. The van der Waals surface area contributed by atoms with Gasteiger partial charge in [-0.05, 0) is 24.1 Å². The molecule has 0 saturated carbocycles. The van der Waals surface area contributed by atoms with Gasteiger partial charge in [-0.25, -0.2) is 4.98 Å². The topological polar surface area (TPSA) is 40.7 Å². The molecule has 2 atom stereocenters. The van der Waals surface area contributed by atoms with Gasteiger partial charge < -0.3 is 10.3 Å². The number of fused-ring (bicyclic) bond motifs is 1. The number of aromatic nitrogens is 2. The van der Waals surface area contributed by atoms with Crippen LogP contribution in [-0.4, -0.2) is 22.6 Å². The van der Waals surface area contributed by atoms with Crippen molar-refractivity contribution in [1.82, 2.24) is 15.3 Å². The summed E-state index contributed by atoms with van der Waals surface area (Å²) in [5.74, 6) is 1.71. The van der Waals surface area contributed by atoms with Gasteiger partial charge in [0.1, 0.15) is 5.82 Å². The maximum atomic E-state index is 4.34. The quantitative estimate of drug-likeness (QED) is 0.843. The number of rotatable bonds is 5. The van der Waals surface area contributed by atoms with Crippen molar-refractivity contribution in [3.8, 4) is 0 Å². The zero-order valence-corrected chi connectivity index (χ0v) is 10.7. The normalized spacial score (nSPS) is 19.1. The van der Waals surface area contributed by atoms with Crippen molar-refractivity contribution < 1.29 is 0 Å². The first-order valence-electron chi connectivity index (χ1n) is 6.68. The van der Waals surface area contributed by atoms with Crippen LogP contribution in [0.15, 0.2) is 36.7 Å². The average molecular weight is 241 g/mol. The van der Waals surface area contributed by atoms with Crippen LogP contribution in [0.2, 0.25) is 0 Å². The Morgan fingerprint density at radius 1 is 1.44 bits per heavy atom. The van der Waals surface area contributed by atoms with Gasteiger partial charge in [-0.2, -0.15) is 0 Å². The highest BCUT2D eigenvalue weighted by Crippen LogP contribution is 2.37. The van der Waals surface area contributed by atoms with E-state index in [1.165, 1.54) is 17.5 Å².